The van der Waals surface area contributed by atoms with Crippen LogP contribution in [0.15, 0.2) is 30.6 Å². The van der Waals surface area contributed by atoms with E-state index in [2.05, 4.69) is 21.4 Å². The highest BCUT2D eigenvalue weighted by atomic mass is 35.5. The molecule has 0 aliphatic heterocycles. The molecule has 3 nitrogen and oxygen atoms in total. The van der Waals surface area contributed by atoms with E-state index in [4.69, 9.17) is 11.6 Å². The number of aryl methyl sites for hydroxylation is 2. The molecule has 0 spiro atoms. The van der Waals surface area contributed by atoms with Gasteiger partial charge < -0.3 is 5.32 Å². The molecule has 0 saturated carbocycles. The largest absolute Gasteiger partial charge is 0.308 e. The smallest absolute Gasteiger partial charge is 0.0801 e. The molecule has 1 atom stereocenters. The van der Waals surface area contributed by atoms with Crippen molar-refractivity contribution in [1.29, 1.82) is 0 Å². The van der Waals surface area contributed by atoms with Crippen LogP contribution in [0, 0.1) is 13.8 Å². The third kappa shape index (κ3) is 2.68. The van der Waals surface area contributed by atoms with Gasteiger partial charge in [0.15, 0.2) is 0 Å². The van der Waals surface area contributed by atoms with Gasteiger partial charge in [-0.15, -0.1) is 0 Å². The minimum atomic E-state index is 0.0104. The quantitative estimate of drug-likeness (QED) is 0.923. The van der Waals surface area contributed by atoms with Crippen LogP contribution in [-0.4, -0.2) is 17.0 Å². The van der Waals surface area contributed by atoms with E-state index in [9.17, 15) is 0 Å². The second kappa shape index (κ2) is 5.46. The van der Waals surface area contributed by atoms with Gasteiger partial charge in [0.2, 0.25) is 0 Å². The average molecular weight is 262 g/mol. The van der Waals surface area contributed by atoms with Gasteiger partial charge in [-0.2, -0.15) is 0 Å². The lowest BCUT2D eigenvalue weighted by Gasteiger charge is -2.16. The van der Waals surface area contributed by atoms with Crippen LogP contribution in [0.2, 0.25) is 5.02 Å². The molecular formula is C14H16ClN3. The summed E-state index contributed by atoms with van der Waals surface area (Å²) >= 11 is 6.16. The number of hydrogen-bond donors (Lipinski definition) is 1. The Bertz CT molecular complexity index is 537. The summed E-state index contributed by atoms with van der Waals surface area (Å²) in [6.45, 7) is 3.92. The molecule has 0 radical (unpaired) electrons. The van der Waals surface area contributed by atoms with Gasteiger partial charge in [0, 0.05) is 11.2 Å². The van der Waals surface area contributed by atoms with Crippen LogP contribution in [-0.2, 0) is 0 Å². The Labute approximate surface area is 112 Å². The SMILES string of the molecule is CNC(c1ccc(C)c(Cl)c1)c1cnc(C)cn1. The van der Waals surface area contributed by atoms with Gasteiger partial charge in [-0.05, 0) is 38.1 Å². The maximum absolute atomic E-state index is 6.16. The van der Waals surface area contributed by atoms with Crippen molar-refractivity contribution in [1.82, 2.24) is 15.3 Å². The van der Waals surface area contributed by atoms with Crippen molar-refractivity contribution in [3.05, 3.63) is 58.1 Å². The van der Waals surface area contributed by atoms with Crippen molar-refractivity contribution in [2.75, 3.05) is 7.05 Å². The van der Waals surface area contributed by atoms with Crippen molar-refractivity contribution in [3.8, 4) is 0 Å². The first-order valence-corrected chi connectivity index (χ1v) is 6.21. The number of nitrogens with zero attached hydrogens (tertiary/aromatic N) is 2. The number of hydrogen-bond acceptors (Lipinski definition) is 3. The standard InChI is InChI=1S/C14H16ClN3/c1-9-4-5-11(6-12(9)15)14(16-3)13-8-17-10(2)7-18-13/h4-8,14,16H,1-3H3. The number of nitrogens with one attached hydrogen (secondary N) is 1. The Kier molecular flexibility index (Phi) is 3.94. The molecule has 2 rings (SSSR count). The number of halogens is 1. The highest BCUT2D eigenvalue weighted by Crippen LogP contribution is 2.24. The molecule has 0 aliphatic rings. The van der Waals surface area contributed by atoms with Gasteiger partial charge in [-0.1, -0.05) is 23.7 Å². The first-order chi connectivity index (χ1) is 8.61. The van der Waals surface area contributed by atoms with Crippen molar-refractivity contribution < 1.29 is 0 Å². The fourth-order valence-electron chi connectivity index (χ4n) is 1.83. The fraction of sp³-hybridized carbons (Fsp3) is 0.286. The van der Waals surface area contributed by atoms with Gasteiger partial charge in [0.05, 0.1) is 23.6 Å². The normalized spacial score (nSPS) is 12.4. The minimum Gasteiger partial charge on any atom is -0.308 e. The zero-order chi connectivity index (χ0) is 13.1. The molecule has 0 amide bonds. The molecule has 4 heteroatoms. The van der Waals surface area contributed by atoms with Crippen LogP contribution in [0.4, 0.5) is 0 Å². The summed E-state index contributed by atoms with van der Waals surface area (Å²) in [5, 5.41) is 4.01. The van der Waals surface area contributed by atoms with Gasteiger partial charge in [0.25, 0.3) is 0 Å². The second-order valence-electron chi connectivity index (χ2n) is 4.31. The maximum Gasteiger partial charge on any atom is 0.0801 e. The van der Waals surface area contributed by atoms with E-state index < -0.39 is 0 Å². The van der Waals surface area contributed by atoms with Crippen LogP contribution in [0.1, 0.15) is 28.6 Å². The highest BCUT2D eigenvalue weighted by molar-refractivity contribution is 6.31. The lowest BCUT2D eigenvalue weighted by atomic mass is 10.0. The molecule has 1 aromatic heterocycles. The Balaban J connectivity index is 2.38. The lowest BCUT2D eigenvalue weighted by molar-refractivity contribution is 0.665. The van der Waals surface area contributed by atoms with Crippen molar-refractivity contribution in [2.45, 2.75) is 19.9 Å². The van der Waals surface area contributed by atoms with Gasteiger partial charge >= 0.3 is 0 Å². The molecule has 1 N–H and O–H groups in total. The van der Waals surface area contributed by atoms with E-state index >= 15 is 0 Å². The lowest BCUT2D eigenvalue weighted by Crippen LogP contribution is -2.19. The zero-order valence-corrected chi connectivity index (χ0v) is 11.5. The topological polar surface area (TPSA) is 37.8 Å². The Morgan fingerprint density at radius 1 is 1.17 bits per heavy atom. The molecule has 1 heterocycles. The summed E-state index contributed by atoms with van der Waals surface area (Å²) < 4.78 is 0. The molecule has 1 aromatic carbocycles. The summed E-state index contributed by atoms with van der Waals surface area (Å²) in [5.41, 5.74) is 3.97. The third-order valence-electron chi connectivity index (χ3n) is 2.91. The minimum absolute atomic E-state index is 0.0104. The average Bonchev–Trinajstić information content (AvgIpc) is 2.37. The monoisotopic (exact) mass is 261 g/mol. The van der Waals surface area contributed by atoms with Gasteiger partial charge in [-0.25, -0.2) is 0 Å². The van der Waals surface area contributed by atoms with Gasteiger partial charge in [0.1, 0.15) is 0 Å². The zero-order valence-electron chi connectivity index (χ0n) is 10.7. The fourth-order valence-corrected chi connectivity index (χ4v) is 2.01. The Morgan fingerprint density at radius 3 is 2.50 bits per heavy atom. The van der Waals surface area contributed by atoms with Crippen LogP contribution < -0.4 is 5.32 Å². The van der Waals surface area contributed by atoms with E-state index in [0.29, 0.717) is 0 Å². The number of benzene rings is 1. The predicted octanol–water partition coefficient (Wildman–Crippen LogP) is 3.06. The summed E-state index contributed by atoms with van der Waals surface area (Å²) in [7, 11) is 1.90. The van der Waals surface area contributed by atoms with Crippen LogP contribution in [0.3, 0.4) is 0 Å². The molecule has 1 unspecified atom stereocenters. The van der Waals surface area contributed by atoms with Crippen molar-refractivity contribution >= 4 is 11.6 Å². The first-order valence-electron chi connectivity index (χ1n) is 5.83. The second-order valence-corrected chi connectivity index (χ2v) is 4.72. The Hall–Kier alpha value is -1.45. The molecule has 2 aromatic rings. The van der Waals surface area contributed by atoms with Crippen molar-refractivity contribution in [3.63, 3.8) is 0 Å². The Morgan fingerprint density at radius 2 is 1.94 bits per heavy atom. The molecular weight excluding hydrogens is 246 g/mol. The van der Waals surface area contributed by atoms with E-state index in [1.807, 2.05) is 33.0 Å². The first kappa shape index (κ1) is 13.0. The highest BCUT2D eigenvalue weighted by Gasteiger charge is 2.14. The number of rotatable bonds is 3. The third-order valence-corrected chi connectivity index (χ3v) is 3.32. The van der Waals surface area contributed by atoms with Crippen LogP contribution in [0.25, 0.3) is 0 Å². The molecule has 0 fully saturated rings. The van der Waals surface area contributed by atoms with E-state index in [1.165, 1.54) is 0 Å². The van der Waals surface area contributed by atoms with Gasteiger partial charge in [-0.3, -0.25) is 9.97 Å². The summed E-state index contributed by atoms with van der Waals surface area (Å²) in [6, 6.07) is 6.06. The summed E-state index contributed by atoms with van der Waals surface area (Å²) in [4.78, 5) is 8.69. The van der Waals surface area contributed by atoms with E-state index in [-0.39, 0.29) is 6.04 Å². The van der Waals surface area contributed by atoms with E-state index in [1.54, 1.807) is 12.4 Å². The molecule has 0 bridgehead atoms. The summed E-state index contributed by atoms with van der Waals surface area (Å²) in [5.74, 6) is 0. The number of aromatic nitrogens is 2. The van der Waals surface area contributed by atoms with Crippen LogP contribution in [0.5, 0.6) is 0 Å². The van der Waals surface area contributed by atoms with Crippen LogP contribution >= 0.6 is 11.6 Å². The van der Waals surface area contributed by atoms with Crippen molar-refractivity contribution in [2.24, 2.45) is 0 Å². The molecule has 18 heavy (non-hydrogen) atoms. The maximum atomic E-state index is 6.16. The predicted molar refractivity (Wildman–Crippen MR) is 73.9 cm³/mol. The molecule has 94 valence electrons. The van der Waals surface area contributed by atoms with E-state index in [0.717, 1.165) is 27.5 Å². The summed E-state index contributed by atoms with van der Waals surface area (Å²) in [6.07, 6.45) is 3.57. The molecule has 0 saturated heterocycles. The molecule has 0 aliphatic carbocycles.